The van der Waals surface area contributed by atoms with Crippen molar-refractivity contribution in [3.8, 4) is 0 Å². The van der Waals surface area contributed by atoms with Gasteiger partial charge in [0, 0.05) is 5.56 Å². The number of allylic oxidation sites excluding steroid dienone is 1. The predicted octanol–water partition coefficient (Wildman–Crippen LogP) is 4.14. The summed E-state index contributed by atoms with van der Waals surface area (Å²) in [5, 5.41) is 0.456. The Bertz CT molecular complexity index is 567. The average Bonchev–Trinajstić information content (AvgIpc) is 2.73. The van der Waals surface area contributed by atoms with Crippen LogP contribution >= 0.6 is 11.6 Å². The molecule has 2 rings (SSSR count). The number of hydrogen-bond acceptors (Lipinski definition) is 2. The Balaban J connectivity index is 2.17. The second kappa shape index (κ2) is 5.02. The van der Waals surface area contributed by atoms with Gasteiger partial charge in [0.1, 0.15) is 11.5 Å². The van der Waals surface area contributed by atoms with Gasteiger partial charge in [-0.25, -0.2) is 0 Å². The van der Waals surface area contributed by atoms with E-state index < -0.39 is 0 Å². The standard InChI is InChI=1S/C14H11ClO2/c1-10-6-7-11(17-10)8-9-14(16)12-4-2-3-5-13(12)15/h2-9H,1H3/b9-8+. The number of aryl methyl sites for hydroxylation is 1. The van der Waals surface area contributed by atoms with E-state index in [0.717, 1.165) is 5.76 Å². The van der Waals surface area contributed by atoms with Crippen LogP contribution in [-0.2, 0) is 0 Å². The number of ketones is 1. The lowest BCUT2D eigenvalue weighted by atomic mass is 10.1. The molecule has 86 valence electrons. The first-order valence-electron chi connectivity index (χ1n) is 5.20. The number of benzene rings is 1. The van der Waals surface area contributed by atoms with Gasteiger partial charge in [-0.2, -0.15) is 0 Å². The maximum atomic E-state index is 11.8. The molecule has 1 heterocycles. The van der Waals surface area contributed by atoms with Gasteiger partial charge in [0.05, 0.1) is 5.02 Å². The Morgan fingerprint density at radius 2 is 2.00 bits per heavy atom. The third-order valence-corrected chi connectivity index (χ3v) is 2.63. The molecule has 0 amide bonds. The fourth-order valence-electron chi connectivity index (χ4n) is 1.45. The summed E-state index contributed by atoms with van der Waals surface area (Å²) in [6.07, 6.45) is 3.10. The van der Waals surface area contributed by atoms with Crippen molar-refractivity contribution in [2.75, 3.05) is 0 Å². The summed E-state index contributed by atoms with van der Waals surface area (Å²) in [5.74, 6) is 1.34. The molecule has 0 aliphatic heterocycles. The van der Waals surface area contributed by atoms with Crippen LogP contribution < -0.4 is 0 Å². The summed E-state index contributed by atoms with van der Waals surface area (Å²) in [7, 11) is 0. The lowest BCUT2D eigenvalue weighted by Gasteiger charge is -1.97. The average molecular weight is 247 g/mol. The minimum absolute atomic E-state index is 0.135. The number of furan rings is 1. The summed E-state index contributed by atoms with van der Waals surface area (Å²) in [6.45, 7) is 1.85. The lowest BCUT2D eigenvalue weighted by molar-refractivity contribution is 0.104. The first-order chi connectivity index (χ1) is 8.16. The van der Waals surface area contributed by atoms with Gasteiger partial charge in [-0.15, -0.1) is 0 Å². The van der Waals surface area contributed by atoms with Crippen LogP contribution in [0.5, 0.6) is 0 Å². The van der Waals surface area contributed by atoms with Crippen molar-refractivity contribution in [3.63, 3.8) is 0 Å². The van der Waals surface area contributed by atoms with Crippen LogP contribution in [0, 0.1) is 6.92 Å². The van der Waals surface area contributed by atoms with E-state index in [1.165, 1.54) is 6.08 Å². The summed E-state index contributed by atoms with van der Waals surface area (Å²) < 4.78 is 5.33. The van der Waals surface area contributed by atoms with Crippen molar-refractivity contribution in [2.24, 2.45) is 0 Å². The largest absolute Gasteiger partial charge is 0.462 e. The lowest BCUT2D eigenvalue weighted by Crippen LogP contribution is -1.94. The van der Waals surface area contributed by atoms with Crippen molar-refractivity contribution in [1.29, 1.82) is 0 Å². The fourth-order valence-corrected chi connectivity index (χ4v) is 1.68. The normalized spacial score (nSPS) is 10.9. The molecular weight excluding hydrogens is 236 g/mol. The fraction of sp³-hybridized carbons (Fsp3) is 0.0714. The molecule has 2 aromatic rings. The Morgan fingerprint density at radius 1 is 1.24 bits per heavy atom. The Morgan fingerprint density at radius 3 is 2.65 bits per heavy atom. The maximum Gasteiger partial charge on any atom is 0.187 e. The van der Waals surface area contributed by atoms with Gasteiger partial charge in [-0.1, -0.05) is 23.7 Å². The van der Waals surface area contributed by atoms with E-state index in [4.69, 9.17) is 16.0 Å². The monoisotopic (exact) mass is 246 g/mol. The van der Waals surface area contributed by atoms with Crippen LogP contribution in [0.4, 0.5) is 0 Å². The van der Waals surface area contributed by atoms with Crippen molar-refractivity contribution < 1.29 is 9.21 Å². The van der Waals surface area contributed by atoms with Crippen molar-refractivity contribution >= 4 is 23.5 Å². The van der Waals surface area contributed by atoms with Crippen LogP contribution in [0.15, 0.2) is 46.9 Å². The molecule has 0 saturated carbocycles. The van der Waals surface area contributed by atoms with Crippen LogP contribution in [0.2, 0.25) is 5.02 Å². The van der Waals surface area contributed by atoms with Gasteiger partial charge < -0.3 is 4.42 Å². The zero-order valence-electron chi connectivity index (χ0n) is 9.31. The molecule has 0 radical (unpaired) electrons. The van der Waals surface area contributed by atoms with E-state index in [0.29, 0.717) is 16.3 Å². The predicted molar refractivity (Wildman–Crippen MR) is 68.3 cm³/mol. The quantitative estimate of drug-likeness (QED) is 0.602. The van der Waals surface area contributed by atoms with Crippen molar-refractivity contribution in [1.82, 2.24) is 0 Å². The minimum Gasteiger partial charge on any atom is -0.462 e. The van der Waals surface area contributed by atoms with Gasteiger partial charge in [0.25, 0.3) is 0 Å². The molecule has 1 aromatic heterocycles. The highest BCUT2D eigenvalue weighted by atomic mass is 35.5. The molecular formula is C14H11ClO2. The second-order valence-electron chi connectivity index (χ2n) is 3.63. The SMILES string of the molecule is Cc1ccc(/C=C/C(=O)c2ccccc2Cl)o1. The number of hydrogen-bond donors (Lipinski definition) is 0. The molecule has 17 heavy (non-hydrogen) atoms. The Labute approximate surface area is 105 Å². The van der Waals surface area contributed by atoms with E-state index in [1.54, 1.807) is 30.3 Å². The molecule has 0 saturated heterocycles. The van der Waals surface area contributed by atoms with Crippen molar-refractivity contribution in [3.05, 3.63) is 64.6 Å². The molecule has 3 heteroatoms. The highest BCUT2D eigenvalue weighted by molar-refractivity contribution is 6.34. The molecule has 2 nitrogen and oxygen atoms in total. The van der Waals surface area contributed by atoms with E-state index in [2.05, 4.69) is 0 Å². The number of carbonyl (C=O) groups excluding carboxylic acids is 1. The van der Waals surface area contributed by atoms with E-state index in [9.17, 15) is 4.79 Å². The highest BCUT2D eigenvalue weighted by Gasteiger charge is 2.05. The third kappa shape index (κ3) is 2.86. The van der Waals surface area contributed by atoms with Gasteiger partial charge >= 0.3 is 0 Å². The minimum atomic E-state index is -0.135. The van der Waals surface area contributed by atoms with Crippen molar-refractivity contribution in [2.45, 2.75) is 6.92 Å². The first-order valence-corrected chi connectivity index (χ1v) is 5.58. The topological polar surface area (TPSA) is 30.2 Å². The highest BCUT2D eigenvalue weighted by Crippen LogP contribution is 2.16. The van der Waals surface area contributed by atoms with Crippen LogP contribution in [0.25, 0.3) is 6.08 Å². The summed E-state index contributed by atoms with van der Waals surface area (Å²) in [4.78, 5) is 11.8. The Hall–Kier alpha value is -1.80. The maximum absolute atomic E-state index is 11.8. The van der Waals surface area contributed by atoms with Crippen LogP contribution in [-0.4, -0.2) is 5.78 Å². The van der Waals surface area contributed by atoms with E-state index in [-0.39, 0.29) is 5.78 Å². The molecule has 0 fully saturated rings. The first kappa shape index (κ1) is 11.7. The van der Waals surface area contributed by atoms with E-state index >= 15 is 0 Å². The van der Waals surface area contributed by atoms with E-state index in [1.807, 2.05) is 19.1 Å². The Kier molecular flexibility index (Phi) is 3.45. The number of carbonyl (C=O) groups is 1. The molecule has 0 spiro atoms. The van der Waals surface area contributed by atoms with Crippen LogP contribution in [0.1, 0.15) is 21.9 Å². The smallest absolute Gasteiger partial charge is 0.187 e. The van der Waals surface area contributed by atoms with Crippen LogP contribution in [0.3, 0.4) is 0 Å². The molecule has 0 unspecified atom stereocenters. The van der Waals surface area contributed by atoms with Gasteiger partial charge in [0.15, 0.2) is 5.78 Å². The zero-order valence-corrected chi connectivity index (χ0v) is 10.1. The summed E-state index contributed by atoms with van der Waals surface area (Å²) in [5.41, 5.74) is 0.494. The summed E-state index contributed by atoms with van der Waals surface area (Å²) >= 11 is 5.93. The zero-order chi connectivity index (χ0) is 12.3. The molecule has 1 aromatic carbocycles. The molecule has 0 aliphatic carbocycles. The molecule has 0 atom stereocenters. The van der Waals surface area contributed by atoms with Gasteiger partial charge in [0.2, 0.25) is 0 Å². The molecule has 0 aliphatic rings. The second-order valence-corrected chi connectivity index (χ2v) is 4.03. The molecule has 0 N–H and O–H groups in total. The summed E-state index contributed by atoms with van der Waals surface area (Å²) in [6, 6.07) is 10.6. The number of halogens is 1. The van der Waals surface area contributed by atoms with Gasteiger partial charge in [-0.3, -0.25) is 4.79 Å². The molecule has 0 bridgehead atoms. The van der Waals surface area contributed by atoms with Gasteiger partial charge in [-0.05, 0) is 43.3 Å². The third-order valence-electron chi connectivity index (χ3n) is 2.30. The number of rotatable bonds is 3.